The summed E-state index contributed by atoms with van der Waals surface area (Å²) >= 11 is 3.25. The molecule has 0 atom stereocenters. The average Bonchev–Trinajstić information content (AvgIpc) is 2.97. The topological polar surface area (TPSA) is 54.9 Å². The molecule has 0 saturated carbocycles. The zero-order valence-electron chi connectivity index (χ0n) is 13.9. The summed E-state index contributed by atoms with van der Waals surface area (Å²) in [5, 5.41) is 3.77. The van der Waals surface area contributed by atoms with Crippen LogP contribution in [0.1, 0.15) is 20.8 Å². The fourth-order valence-electron chi connectivity index (χ4n) is 2.05. The lowest BCUT2D eigenvalue weighted by molar-refractivity contribution is -0.113. The van der Waals surface area contributed by atoms with Gasteiger partial charge in [-0.1, -0.05) is 32.9 Å². The standard InChI is InChI=1S/C18H19N3OS2/c1-18(2,3)23-11-16(22)21-15-9-8-12(10-19-15)17-20-13-6-4-5-7-14(13)24-17/h4-10H,11H2,1-3H3,(H,19,21,22). The molecule has 2 aromatic heterocycles. The summed E-state index contributed by atoms with van der Waals surface area (Å²) in [6.45, 7) is 6.28. The maximum absolute atomic E-state index is 11.9. The van der Waals surface area contributed by atoms with E-state index in [1.807, 2.05) is 30.3 Å². The lowest BCUT2D eigenvalue weighted by atomic mass is 10.3. The molecule has 3 aromatic rings. The molecule has 0 spiro atoms. The second-order valence-corrected chi connectivity index (χ2v) is 9.20. The number of benzene rings is 1. The normalized spacial score (nSPS) is 11.6. The lowest BCUT2D eigenvalue weighted by Crippen LogP contribution is -2.19. The van der Waals surface area contributed by atoms with Crippen molar-refractivity contribution < 1.29 is 4.79 Å². The van der Waals surface area contributed by atoms with Gasteiger partial charge in [0, 0.05) is 16.5 Å². The second kappa shape index (κ2) is 6.91. The van der Waals surface area contributed by atoms with Crippen molar-refractivity contribution in [2.75, 3.05) is 11.1 Å². The Hall–Kier alpha value is -1.92. The highest BCUT2D eigenvalue weighted by atomic mass is 32.2. The van der Waals surface area contributed by atoms with Crippen LogP contribution in [0.5, 0.6) is 0 Å². The van der Waals surface area contributed by atoms with Gasteiger partial charge in [0.05, 0.1) is 16.0 Å². The molecule has 1 N–H and O–H groups in total. The minimum atomic E-state index is -0.0323. The third kappa shape index (κ3) is 4.33. The Labute approximate surface area is 149 Å². The number of aromatic nitrogens is 2. The van der Waals surface area contributed by atoms with Gasteiger partial charge in [-0.25, -0.2) is 9.97 Å². The fourth-order valence-corrected chi connectivity index (χ4v) is 3.64. The maximum Gasteiger partial charge on any atom is 0.235 e. The van der Waals surface area contributed by atoms with E-state index in [-0.39, 0.29) is 10.7 Å². The summed E-state index contributed by atoms with van der Waals surface area (Å²) < 4.78 is 1.23. The highest BCUT2D eigenvalue weighted by Gasteiger charge is 2.14. The van der Waals surface area contributed by atoms with Crippen LogP contribution in [-0.4, -0.2) is 26.4 Å². The van der Waals surface area contributed by atoms with Gasteiger partial charge in [0.15, 0.2) is 0 Å². The smallest absolute Gasteiger partial charge is 0.235 e. The van der Waals surface area contributed by atoms with E-state index in [1.165, 1.54) is 0 Å². The number of rotatable bonds is 4. The first kappa shape index (κ1) is 16.9. The maximum atomic E-state index is 11.9. The number of thioether (sulfide) groups is 1. The summed E-state index contributed by atoms with van der Waals surface area (Å²) in [7, 11) is 0. The number of para-hydroxylation sites is 1. The van der Waals surface area contributed by atoms with E-state index < -0.39 is 0 Å². The quantitative estimate of drug-likeness (QED) is 0.727. The molecule has 0 radical (unpaired) electrons. The number of carbonyl (C=O) groups is 1. The first-order valence-corrected chi connectivity index (χ1v) is 9.47. The Morgan fingerprint density at radius 3 is 2.67 bits per heavy atom. The molecule has 1 aromatic carbocycles. The number of thiazole rings is 1. The number of anilines is 1. The summed E-state index contributed by atoms with van der Waals surface area (Å²) in [5.74, 6) is 0.958. The zero-order valence-corrected chi connectivity index (χ0v) is 15.5. The summed E-state index contributed by atoms with van der Waals surface area (Å²) in [5.41, 5.74) is 1.95. The van der Waals surface area contributed by atoms with Crippen LogP contribution in [0, 0.1) is 0 Å². The molecule has 3 rings (SSSR count). The van der Waals surface area contributed by atoms with Crippen LogP contribution in [0.25, 0.3) is 20.8 Å². The Morgan fingerprint density at radius 1 is 1.21 bits per heavy atom. The Bertz CT molecular complexity index is 818. The molecule has 0 bridgehead atoms. The van der Waals surface area contributed by atoms with Crippen LogP contribution in [0.2, 0.25) is 0 Å². The van der Waals surface area contributed by atoms with Crippen LogP contribution in [0.15, 0.2) is 42.6 Å². The van der Waals surface area contributed by atoms with Crippen molar-refractivity contribution in [2.45, 2.75) is 25.5 Å². The van der Waals surface area contributed by atoms with Gasteiger partial charge in [0.25, 0.3) is 0 Å². The van der Waals surface area contributed by atoms with Gasteiger partial charge in [-0.2, -0.15) is 0 Å². The van der Waals surface area contributed by atoms with Gasteiger partial charge in [-0.05, 0) is 24.3 Å². The van der Waals surface area contributed by atoms with E-state index in [0.29, 0.717) is 11.6 Å². The number of nitrogens with zero attached hydrogens (tertiary/aromatic N) is 2. The van der Waals surface area contributed by atoms with Crippen molar-refractivity contribution in [3.05, 3.63) is 42.6 Å². The predicted molar refractivity (Wildman–Crippen MR) is 104 cm³/mol. The molecule has 0 aliphatic rings. The van der Waals surface area contributed by atoms with Crippen molar-refractivity contribution in [3.63, 3.8) is 0 Å². The first-order valence-electron chi connectivity index (χ1n) is 7.66. The molecule has 0 saturated heterocycles. The van der Waals surface area contributed by atoms with E-state index in [2.05, 4.69) is 42.1 Å². The van der Waals surface area contributed by atoms with Gasteiger partial charge < -0.3 is 5.32 Å². The van der Waals surface area contributed by atoms with E-state index in [0.717, 1.165) is 20.8 Å². The fraction of sp³-hybridized carbons (Fsp3) is 0.278. The number of carbonyl (C=O) groups excluding carboxylic acids is 1. The molecule has 0 unspecified atom stereocenters. The molecular formula is C18H19N3OS2. The summed E-state index contributed by atoms with van der Waals surface area (Å²) in [6.07, 6.45) is 1.75. The molecular weight excluding hydrogens is 338 g/mol. The SMILES string of the molecule is CC(C)(C)SCC(=O)Nc1ccc(-c2nc3ccccc3s2)cn1. The molecule has 6 heteroatoms. The van der Waals surface area contributed by atoms with Gasteiger partial charge in [0.1, 0.15) is 10.8 Å². The summed E-state index contributed by atoms with van der Waals surface area (Å²) in [6, 6.07) is 11.8. The van der Waals surface area contributed by atoms with E-state index in [4.69, 9.17) is 0 Å². The number of hydrogen-bond acceptors (Lipinski definition) is 5. The highest BCUT2D eigenvalue weighted by Crippen LogP contribution is 2.30. The van der Waals surface area contributed by atoms with Gasteiger partial charge in [0.2, 0.25) is 5.91 Å². The van der Waals surface area contributed by atoms with Crippen LogP contribution in [0.4, 0.5) is 5.82 Å². The number of pyridine rings is 1. The monoisotopic (exact) mass is 357 g/mol. The zero-order chi connectivity index (χ0) is 17.2. The third-order valence-corrected chi connectivity index (χ3v) is 5.57. The van der Waals surface area contributed by atoms with Gasteiger partial charge in [-0.15, -0.1) is 23.1 Å². The molecule has 0 aliphatic carbocycles. The third-order valence-electron chi connectivity index (χ3n) is 3.21. The van der Waals surface area contributed by atoms with Crippen molar-refractivity contribution in [1.29, 1.82) is 0 Å². The number of hydrogen-bond donors (Lipinski definition) is 1. The van der Waals surface area contributed by atoms with Crippen LogP contribution >= 0.6 is 23.1 Å². The van der Waals surface area contributed by atoms with Crippen LogP contribution in [-0.2, 0) is 4.79 Å². The molecule has 24 heavy (non-hydrogen) atoms. The Balaban J connectivity index is 1.68. The van der Waals surface area contributed by atoms with Crippen molar-refractivity contribution in [1.82, 2.24) is 9.97 Å². The number of nitrogens with one attached hydrogen (secondary N) is 1. The highest BCUT2D eigenvalue weighted by molar-refractivity contribution is 8.01. The van der Waals surface area contributed by atoms with Crippen molar-refractivity contribution in [3.8, 4) is 10.6 Å². The Morgan fingerprint density at radius 2 is 2.00 bits per heavy atom. The molecule has 0 fully saturated rings. The molecule has 1 amide bonds. The summed E-state index contributed by atoms with van der Waals surface area (Å²) in [4.78, 5) is 20.9. The molecule has 0 aliphatic heterocycles. The largest absolute Gasteiger partial charge is 0.310 e. The van der Waals surface area contributed by atoms with Crippen molar-refractivity contribution >= 4 is 45.0 Å². The number of fused-ring (bicyclic) bond motifs is 1. The Kier molecular flexibility index (Phi) is 4.87. The predicted octanol–water partition coefficient (Wildman–Crippen LogP) is 4.83. The number of amides is 1. The molecule has 4 nitrogen and oxygen atoms in total. The van der Waals surface area contributed by atoms with Crippen molar-refractivity contribution in [2.24, 2.45) is 0 Å². The average molecular weight is 358 g/mol. The minimum absolute atomic E-state index is 0.0323. The minimum Gasteiger partial charge on any atom is -0.310 e. The second-order valence-electron chi connectivity index (χ2n) is 6.37. The van der Waals surface area contributed by atoms with Gasteiger partial charge >= 0.3 is 0 Å². The van der Waals surface area contributed by atoms with Crippen LogP contribution < -0.4 is 5.32 Å². The van der Waals surface area contributed by atoms with Gasteiger partial charge in [-0.3, -0.25) is 4.79 Å². The molecule has 2 heterocycles. The van der Waals surface area contributed by atoms with E-state index >= 15 is 0 Å². The lowest BCUT2D eigenvalue weighted by Gasteiger charge is -2.16. The molecule has 124 valence electrons. The van der Waals surface area contributed by atoms with Crippen LogP contribution in [0.3, 0.4) is 0 Å². The van der Waals surface area contributed by atoms with E-state index in [9.17, 15) is 4.79 Å². The first-order chi connectivity index (χ1) is 11.4. The van der Waals surface area contributed by atoms with E-state index in [1.54, 1.807) is 29.3 Å².